The Labute approximate surface area is 142 Å². The molecule has 0 spiro atoms. The van der Waals surface area contributed by atoms with E-state index < -0.39 is 17.7 Å². The van der Waals surface area contributed by atoms with E-state index in [1.165, 1.54) is 24.3 Å². The average molecular weight is 341 g/mol. The highest BCUT2D eigenvalue weighted by Crippen LogP contribution is 2.26. The number of aromatic amines is 1. The normalized spacial score (nSPS) is 12.0. The second kappa shape index (κ2) is 7.12. The van der Waals surface area contributed by atoms with Crippen LogP contribution in [0.4, 0.5) is 10.1 Å². The maximum absolute atomic E-state index is 13.1. The van der Waals surface area contributed by atoms with Gasteiger partial charge in [-0.25, -0.2) is 4.39 Å². The van der Waals surface area contributed by atoms with Crippen LogP contribution in [-0.2, 0) is 9.59 Å². The van der Waals surface area contributed by atoms with Crippen LogP contribution in [0.5, 0.6) is 0 Å². The molecule has 0 aliphatic carbocycles. The lowest BCUT2D eigenvalue weighted by molar-refractivity contribution is -0.137. The van der Waals surface area contributed by atoms with Crippen LogP contribution in [0.2, 0.25) is 0 Å². The summed E-state index contributed by atoms with van der Waals surface area (Å²) in [4.78, 5) is 23.5. The van der Waals surface area contributed by atoms with E-state index in [-0.39, 0.29) is 18.7 Å². The van der Waals surface area contributed by atoms with Crippen LogP contribution in [0.3, 0.4) is 0 Å². The fourth-order valence-corrected chi connectivity index (χ4v) is 2.75. The number of anilines is 1. The number of aliphatic carboxylic acids is 1. The zero-order valence-electron chi connectivity index (χ0n) is 13.2. The Kier molecular flexibility index (Phi) is 4.74. The number of para-hydroxylation sites is 1. The zero-order valence-corrected chi connectivity index (χ0v) is 13.2. The molecule has 0 aliphatic heterocycles. The van der Waals surface area contributed by atoms with E-state index in [4.69, 9.17) is 5.11 Å². The second-order valence-corrected chi connectivity index (χ2v) is 5.74. The molecular formula is C18H16FN3O3. The largest absolute Gasteiger partial charge is 0.481 e. The summed E-state index contributed by atoms with van der Waals surface area (Å²) in [7, 11) is 0. The number of carbonyl (C=O) groups excluding carboxylic acids is 1. The predicted octanol–water partition coefficient (Wildman–Crippen LogP) is 3.29. The standard InChI is InChI=1S/C18H16FN3O3/c19-14-6-4-11(5-7-14)13(9-17(24)25)8-16(23)21-15-3-1-2-12-10-20-22-18(12)15/h1-7,10,13H,8-9H2,(H,20,22)(H,21,23)(H,24,25). The second-order valence-electron chi connectivity index (χ2n) is 5.74. The minimum atomic E-state index is -1.02. The van der Waals surface area contributed by atoms with Gasteiger partial charge in [0.2, 0.25) is 5.91 Å². The highest BCUT2D eigenvalue weighted by atomic mass is 19.1. The number of nitrogens with zero attached hydrogens (tertiary/aromatic N) is 1. The average Bonchev–Trinajstić information content (AvgIpc) is 3.04. The number of aromatic nitrogens is 2. The summed E-state index contributed by atoms with van der Waals surface area (Å²) < 4.78 is 13.1. The van der Waals surface area contributed by atoms with E-state index in [1.54, 1.807) is 18.3 Å². The van der Waals surface area contributed by atoms with Gasteiger partial charge in [-0.15, -0.1) is 0 Å². The lowest BCUT2D eigenvalue weighted by Crippen LogP contribution is -2.18. The smallest absolute Gasteiger partial charge is 0.303 e. The van der Waals surface area contributed by atoms with Gasteiger partial charge < -0.3 is 10.4 Å². The van der Waals surface area contributed by atoms with E-state index in [1.807, 2.05) is 6.07 Å². The van der Waals surface area contributed by atoms with Gasteiger partial charge in [0.1, 0.15) is 5.82 Å². The predicted molar refractivity (Wildman–Crippen MR) is 90.7 cm³/mol. The number of benzene rings is 2. The van der Waals surface area contributed by atoms with E-state index >= 15 is 0 Å². The molecule has 1 heterocycles. The molecule has 1 unspecified atom stereocenters. The van der Waals surface area contributed by atoms with Crippen molar-refractivity contribution in [2.75, 3.05) is 5.32 Å². The van der Waals surface area contributed by atoms with Crippen molar-refractivity contribution in [3.8, 4) is 0 Å². The van der Waals surface area contributed by atoms with Crippen molar-refractivity contribution in [3.05, 3.63) is 60.0 Å². The van der Waals surface area contributed by atoms with E-state index in [9.17, 15) is 14.0 Å². The molecule has 7 heteroatoms. The maximum Gasteiger partial charge on any atom is 0.303 e. The van der Waals surface area contributed by atoms with Gasteiger partial charge in [0.15, 0.2) is 0 Å². The molecule has 0 bridgehead atoms. The first-order valence-electron chi connectivity index (χ1n) is 7.72. The van der Waals surface area contributed by atoms with E-state index in [0.29, 0.717) is 16.8 Å². The van der Waals surface area contributed by atoms with Gasteiger partial charge in [-0.3, -0.25) is 14.7 Å². The van der Waals surface area contributed by atoms with Crippen molar-refractivity contribution in [3.63, 3.8) is 0 Å². The number of rotatable bonds is 6. The zero-order chi connectivity index (χ0) is 17.8. The molecule has 1 atom stereocenters. The SMILES string of the molecule is O=C(O)CC(CC(=O)Nc1cccc2cn[nH]c12)c1ccc(F)cc1. The van der Waals surface area contributed by atoms with Crippen molar-refractivity contribution in [1.82, 2.24) is 10.2 Å². The number of halogens is 1. The van der Waals surface area contributed by atoms with Gasteiger partial charge in [0.25, 0.3) is 0 Å². The van der Waals surface area contributed by atoms with Crippen molar-refractivity contribution in [1.29, 1.82) is 0 Å². The number of carboxylic acids is 1. The monoisotopic (exact) mass is 341 g/mol. The Morgan fingerprint density at radius 1 is 1.16 bits per heavy atom. The van der Waals surface area contributed by atoms with Gasteiger partial charge in [-0.05, 0) is 23.8 Å². The van der Waals surface area contributed by atoms with Gasteiger partial charge in [0, 0.05) is 17.7 Å². The molecular weight excluding hydrogens is 325 g/mol. The van der Waals surface area contributed by atoms with Crippen LogP contribution in [0.25, 0.3) is 10.9 Å². The molecule has 0 aliphatic rings. The summed E-state index contributed by atoms with van der Waals surface area (Å²) in [5.74, 6) is -2.29. The number of amides is 1. The molecule has 0 radical (unpaired) electrons. The number of carboxylic acid groups (broad SMARTS) is 1. The first kappa shape index (κ1) is 16.6. The molecule has 3 rings (SSSR count). The molecule has 128 valence electrons. The summed E-state index contributed by atoms with van der Waals surface area (Å²) in [5, 5.41) is 19.5. The van der Waals surface area contributed by atoms with E-state index in [2.05, 4.69) is 15.5 Å². The number of H-pyrrole nitrogens is 1. The van der Waals surface area contributed by atoms with Crippen molar-refractivity contribution >= 4 is 28.5 Å². The summed E-state index contributed by atoms with van der Waals surface area (Å²) in [6.07, 6.45) is 1.41. The molecule has 6 nitrogen and oxygen atoms in total. The van der Waals surface area contributed by atoms with Crippen LogP contribution < -0.4 is 5.32 Å². The fourth-order valence-electron chi connectivity index (χ4n) is 2.75. The Bertz CT molecular complexity index is 905. The summed E-state index contributed by atoms with van der Waals surface area (Å²) in [6, 6.07) is 10.9. The molecule has 0 fully saturated rings. The number of nitrogens with one attached hydrogen (secondary N) is 2. The third kappa shape index (κ3) is 4.00. The van der Waals surface area contributed by atoms with Gasteiger partial charge in [-0.1, -0.05) is 24.3 Å². The Morgan fingerprint density at radius 3 is 2.64 bits per heavy atom. The third-order valence-corrected chi connectivity index (χ3v) is 3.94. The molecule has 25 heavy (non-hydrogen) atoms. The minimum absolute atomic E-state index is 0.0253. The van der Waals surface area contributed by atoms with Crippen LogP contribution in [0.1, 0.15) is 24.3 Å². The molecule has 2 aromatic carbocycles. The first-order valence-corrected chi connectivity index (χ1v) is 7.72. The Morgan fingerprint density at radius 2 is 1.92 bits per heavy atom. The van der Waals surface area contributed by atoms with Crippen LogP contribution in [0.15, 0.2) is 48.7 Å². The van der Waals surface area contributed by atoms with Gasteiger partial charge >= 0.3 is 5.97 Å². The lowest BCUT2D eigenvalue weighted by Gasteiger charge is -2.15. The van der Waals surface area contributed by atoms with Crippen molar-refractivity contribution < 1.29 is 19.1 Å². The first-order chi connectivity index (χ1) is 12.0. The number of hydrogen-bond acceptors (Lipinski definition) is 3. The Balaban J connectivity index is 1.77. The molecule has 0 saturated carbocycles. The maximum atomic E-state index is 13.1. The lowest BCUT2D eigenvalue weighted by atomic mass is 9.92. The van der Waals surface area contributed by atoms with E-state index in [0.717, 1.165) is 5.39 Å². The molecule has 3 N–H and O–H groups in total. The summed E-state index contributed by atoms with van der Waals surface area (Å²) in [6.45, 7) is 0. The van der Waals surface area contributed by atoms with Gasteiger partial charge in [0.05, 0.1) is 23.8 Å². The summed E-state index contributed by atoms with van der Waals surface area (Å²) >= 11 is 0. The van der Waals surface area contributed by atoms with Crippen LogP contribution in [0, 0.1) is 5.82 Å². The summed E-state index contributed by atoms with van der Waals surface area (Å²) in [5.41, 5.74) is 1.89. The topological polar surface area (TPSA) is 95.1 Å². The molecule has 0 saturated heterocycles. The van der Waals surface area contributed by atoms with Crippen LogP contribution in [-0.4, -0.2) is 27.2 Å². The minimum Gasteiger partial charge on any atom is -0.481 e. The number of hydrogen-bond donors (Lipinski definition) is 3. The fraction of sp³-hybridized carbons (Fsp3) is 0.167. The number of carbonyl (C=O) groups is 2. The highest BCUT2D eigenvalue weighted by Gasteiger charge is 2.20. The molecule has 1 aromatic heterocycles. The third-order valence-electron chi connectivity index (χ3n) is 3.94. The van der Waals surface area contributed by atoms with Gasteiger partial charge in [-0.2, -0.15) is 5.10 Å². The van der Waals surface area contributed by atoms with Crippen molar-refractivity contribution in [2.24, 2.45) is 0 Å². The quantitative estimate of drug-likeness (QED) is 0.641. The number of fused-ring (bicyclic) bond motifs is 1. The highest BCUT2D eigenvalue weighted by molar-refractivity contribution is 6.00. The Hall–Kier alpha value is -3.22. The van der Waals surface area contributed by atoms with Crippen molar-refractivity contribution in [2.45, 2.75) is 18.8 Å². The van der Waals surface area contributed by atoms with Crippen LogP contribution >= 0.6 is 0 Å². The molecule has 1 amide bonds. The molecule has 3 aromatic rings.